The second-order valence-corrected chi connectivity index (χ2v) is 5.65. The Balaban J connectivity index is 1.77. The molecular weight excluding hydrogens is 374 g/mol. The number of hydrogen-bond acceptors (Lipinski definition) is 4. The first-order valence-electron chi connectivity index (χ1n) is 7.43. The number of amides is 1. The molecule has 2 aromatic carbocycles. The number of carbonyl (C=O) groups excluding carboxylic acids is 2. The Morgan fingerprint density at radius 2 is 1.38 bits per heavy atom. The van der Waals surface area contributed by atoms with E-state index in [2.05, 4.69) is 21.2 Å². The maximum atomic E-state index is 12.0. The normalized spacial score (nSPS) is 11.4. The second kappa shape index (κ2) is 9.72. The summed E-state index contributed by atoms with van der Waals surface area (Å²) in [6.07, 6.45) is -0.667. The van der Waals surface area contributed by atoms with Crippen LogP contribution in [-0.2, 0) is 27.5 Å². The molecule has 0 fully saturated rings. The molecule has 0 heterocycles. The number of esters is 1. The summed E-state index contributed by atoms with van der Waals surface area (Å²) in [5, 5.41) is 2.73. The van der Waals surface area contributed by atoms with E-state index < -0.39 is 18.1 Å². The van der Waals surface area contributed by atoms with Crippen LogP contribution in [0.2, 0.25) is 0 Å². The maximum absolute atomic E-state index is 12.0. The molecule has 0 aliphatic rings. The molecule has 1 atom stereocenters. The molecule has 0 radical (unpaired) electrons. The van der Waals surface area contributed by atoms with Crippen molar-refractivity contribution in [2.24, 2.45) is 0 Å². The van der Waals surface area contributed by atoms with E-state index in [1.807, 2.05) is 60.7 Å². The van der Waals surface area contributed by atoms with Crippen LogP contribution in [0.5, 0.6) is 0 Å². The lowest BCUT2D eigenvalue weighted by Gasteiger charge is -2.15. The maximum Gasteiger partial charge on any atom is 0.408 e. The zero-order valence-electron chi connectivity index (χ0n) is 13.0. The van der Waals surface area contributed by atoms with Crippen LogP contribution in [0.25, 0.3) is 0 Å². The van der Waals surface area contributed by atoms with E-state index in [1.54, 1.807) is 0 Å². The predicted octanol–water partition coefficient (Wildman–Crippen LogP) is 3.42. The number of ether oxygens (including phenoxy) is 2. The van der Waals surface area contributed by atoms with E-state index in [0.717, 1.165) is 11.1 Å². The average Bonchev–Trinajstić information content (AvgIpc) is 2.64. The molecule has 2 rings (SSSR count). The molecule has 0 aliphatic carbocycles. The van der Waals surface area contributed by atoms with Crippen LogP contribution in [0.1, 0.15) is 11.1 Å². The van der Waals surface area contributed by atoms with Crippen molar-refractivity contribution in [3.05, 3.63) is 71.8 Å². The van der Waals surface area contributed by atoms with Crippen molar-refractivity contribution in [3.8, 4) is 0 Å². The summed E-state index contributed by atoms with van der Waals surface area (Å²) in [6, 6.07) is 17.8. The Bertz CT molecular complexity index is 649. The molecule has 24 heavy (non-hydrogen) atoms. The predicted molar refractivity (Wildman–Crippen MR) is 93.6 cm³/mol. The van der Waals surface area contributed by atoms with Gasteiger partial charge in [-0.2, -0.15) is 0 Å². The molecule has 0 aromatic heterocycles. The molecular formula is C18H18BrNO4. The minimum absolute atomic E-state index is 0.140. The Hall–Kier alpha value is -2.34. The molecule has 1 amide bonds. The van der Waals surface area contributed by atoms with E-state index in [4.69, 9.17) is 9.47 Å². The molecule has 0 aliphatic heterocycles. The lowest BCUT2D eigenvalue weighted by Crippen LogP contribution is -2.43. The topological polar surface area (TPSA) is 64.6 Å². The van der Waals surface area contributed by atoms with Crippen LogP contribution >= 0.6 is 15.9 Å². The molecule has 0 saturated carbocycles. The van der Waals surface area contributed by atoms with Crippen molar-refractivity contribution in [1.82, 2.24) is 5.32 Å². The fraction of sp³-hybridized carbons (Fsp3) is 0.222. The number of alkyl carbamates (subject to hydrolysis) is 1. The molecule has 0 unspecified atom stereocenters. The first-order chi connectivity index (χ1) is 11.7. The first kappa shape index (κ1) is 18.0. The van der Waals surface area contributed by atoms with Gasteiger partial charge in [0.2, 0.25) is 0 Å². The monoisotopic (exact) mass is 391 g/mol. The summed E-state index contributed by atoms with van der Waals surface area (Å²) < 4.78 is 10.3. The number of alkyl halides is 1. The van der Waals surface area contributed by atoms with Crippen LogP contribution in [-0.4, -0.2) is 23.4 Å². The largest absolute Gasteiger partial charge is 0.459 e. The molecule has 5 nitrogen and oxygen atoms in total. The highest BCUT2D eigenvalue weighted by atomic mass is 79.9. The second-order valence-electron chi connectivity index (χ2n) is 5.01. The van der Waals surface area contributed by atoms with Gasteiger partial charge in [-0.25, -0.2) is 9.59 Å². The standard InChI is InChI=1S/C18H18BrNO4/c19-11-16(17(21)23-12-14-7-3-1-4-8-14)20-18(22)24-13-15-9-5-2-6-10-15/h1-10,16H,11-13H2,(H,20,22)/t16-/m1/s1. The zero-order chi connectivity index (χ0) is 17.2. The number of benzene rings is 2. The highest BCUT2D eigenvalue weighted by Gasteiger charge is 2.21. The van der Waals surface area contributed by atoms with Crippen molar-refractivity contribution < 1.29 is 19.1 Å². The molecule has 6 heteroatoms. The Morgan fingerprint density at radius 3 is 1.88 bits per heavy atom. The zero-order valence-corrected chi connectivity index (χ0v) is 14.6. The summed E-state index contributed by atoms with van der Waals surface area (Å²) >= 11 is 3.20. The summed E-state index contributed by atoms with van der Waals surface area (Å²) in [6.45, 7) is 0.296. The smallest absolute Gasteiger partial charge is 0.408 e. The number of carbonyl (C=O) groups is 2. The Kier molecular flexibility index (Phi) is 7.29. The van der Waals surface area contributed by atoms with Gasteiger partial charge in [0.1, 0.15) is 19.3 Å². The summed E-state index contributed by atoms with van der Waals surface area (Å²) in [7, 11) is 0. The van der Waals surface area contributed by atoms with Gasteiger partial charge in [-0.1, -0.05) is 76.6 Å². The van der Waals surface area contributed by atoms with Crippen molar-refractivity contribution in [2.75, 3.05) is 5.33 Å². The van der Waals surface area contributed by atoms with Crippen LogP contribution in [0.15, 0.2) is 60.7 Å². The molecule has 126 valence electrons. The minimum atomic E-state index is -0.808. The fourth-order valence-electron chi connectivity index (χ4n) is 1.90. The third-order valence-corrected chi connectivity index (χ3v) is 3.82. The molecule has 0 bridgehead atoms. The van der Waals surface area contributed by atoms with Crippen LogP contribution in [0.4, 0.5) is 4.79 Å². The van der Waals surface area contributed by atoms with Gasteiger partial charge in [-0.3, -0.25) is 0 Å². The van der Waals surface area contributed by atoms with Gasteiger partial charge >= 0.3 is 12.1 Å². The molecule has 0 spiro atoms. The fourth-order valence-corrected chi connectivity index (χ4v) is 2.32. The Morgan fingerprint density at radius 1 is 0.875 bits per heavy atom. The average molecular weight is 392 g/mol. The Labute approximate surface area is 149 Å². The highest BCUT2D eigenvalue weighted by Crippen LogP contribution is 2.04. The van der Waals surface area contributed by atoms with Gasteiger partial charge in [0, 0.05) is 5.33 Å². The van der Waals surface area contributed by atoms with Crippen LogP contribution in [0, 0.1) is 0 Å². The van der Waals surface area contributed by atoms with Gasteiger partial charge in [0.15, 0.2) is 0 Å². The van der Waals surface area contributed by atoms with E-state index in [1.165, 1.54) is 0 Å². The summed E-state index contributed by atoms with van der Waals surface area (Å²) in [5.41, 5.74) is 1.75. The summed E-state index contributed by atoms with van der Waals surface area (Å²) in [4.78, 5) is 23.8. The number of rotatable bonds is 7. The van der Waals surface area contributed by atoms with Gasteiger partial charge in [-0.15, -0.1) is 0 Å². The molecule has 2 aromatic rings. The minimum Gasteiger partial charge on any atom is -0.459 e. The highest BCUT2D eigenvalue weighted by molar-refractivity contribution is 9.09. The van der Waals surface area contributed by atoms with Gasteiger partial charge in [-0.05, 0) is 11.1 Å². The summed E-state index contributed by atoms with van der Waals surface area (Å²) in [5.74, 6) is -0.521. The lowest BCUT2D eigenvalue weighted by molar-refractivity contribution is -0.146. The van der Waals surface area contributed by atoms with Crippen LogP contribution in [0.3, 0.4) is 0 Å². The third-order valence-electron chi connectivity index (χ3n) is 3.17. The SMILES string of the molecule is O=C(N[C@H](CBr)C(=O)OCc1ccccc1)OCc1ccccc1. The first-order valence-corrected chi connectivity index (χ1v) is 8.55. The van der Waals surface area contributed by atoms with Crippen molar-refractivity contribution >= 4 is 28.0 Å². The molecule has 0 saturated heterocycles. The van der Waals surface area contributed by atoms with Crippen molar-refractivity contribution in [2.45, 2.75) is 19.3 Å². The van der Waals surface area contributed by atoms with Crippen molar-refractivity contribution in [3.63, 3.8) is 0 Å². The molecule has 1 N–H and O–H groups in total. The van der Waals surface area contributed by atoms with Gasteiger partial charge in [0.05, 0.1) is 0 Å². The van der Waals surface area contributed by atoms with E-state index >= 15 is 0 Å². The number of halogens is 1. The van der Waals surface area contributed by atoms with Gasteiger partial charge in [0.25, 0.3) is 0 Å². The number of nitrogens with one attached hydrogen (secondary N) is 1. The third kappa shape index (κ3) is 6.04. The lowest BCUT2D eigenvalue weighted by atomic mass is 10.2. The number of hydrogen-bond donors (Lipinski definition) is 1. The van der Waals surface area contributed by atoms with E-state index in [9.17, 15) is 9.59 Å². The van der Waals surface area contributed by atoms with Gasteiger partial charge < -0.3 is 14.8 Å². The van der Waals surface area contributed by atoms with E-state index in [-0.39, 0.29) is 18.5 Å². The van der Waals surface area contributed by atoms with Crippen molar-refractivity contribution in [1.29, 1.82) is 0 Å². The quantitative estimate of drug-likeness (QED) is 0.579. The van der Waals surface area contributed by atoms with E-state index in [0.29, 0.717) is 0 Å². The van der Waals surface area contributed by atoms with Crippen LogP contribution < -0.4 is 5.32 Å².